The van der Waals surface area contributed by atoms with Gasteiger partial charge in [0.25, 0.3) is 0 Å². The molecule has 3 heterocycles. The Morgan fingerprint density at radius 1 is 1.19 bits per heavy atom. The number of rotatable bonds is 4. The second kappa shape index (κ2) is 9.44. The van der Waals surface area contributed by atoms with E-state index in [0.29, 0.717) is 35.5 Å². The van der Waals surface area contributed by atoms with E-state index in [1.807, 2.05) is 30.7 Å². The van der Waals surface area contributed by atoms with Gasteiger partial charge >= 0.3 is 6.18 Å². The van der Waals surface area contributed by atoms with Crippen molar-refractivity contribution in [1.82, 2.24) is 18.8 Å². The smallest absolute Gasteiger partial charge is 0.331 e. The summed E-state index contributed by atoms with van der Waals surface area (Å²) in [5.74, 6) is 0.685. The molecule has 0 amide bonds. The number of halogens is 3. The van der Waals surface area contributed by atoms with Crippen molar-refractivity contribution in [3.05, 3.63) is 70.2 Å². The van der Waals surface area contributed by atoms with Gasteiger partial charge in [0, 0.05) is 25.5 Å². The van der Waals surface area contributed by atoms with Gasteiger partial charge in [0.2, 0.25) is 10.0 Å². The Labute approximate surface area is 208 Å². The largest absolute Gasteiger partial charge is 0.416 e. The molecule has 36 heavy (non-hydrogen) atoms. The lowest BCUT2D eigenvalue weighted by atomic mass is 9.97. The first-order valence-corrected chi connectivity index (χ1v) is 13.3. The van der Waals surface area contributed by atoms with Crippen molar-refractivity contribution in [3.8, 4) is 0 Å². The number of aryl methyl sites for hydroxylation is 2. The molecule has 4 rings (SSSR count). The van der Waals surface area contributed by atoms with Crippen LogP contribution >= 0.6 is 0 Å². The van der Waals surface area contributed by atoms with Crippen molar-refractivity contribution in [2.24, 2.45) is 12.0 Å². The third-order valence-electron chi connectivity index (χ3n) is 6.66. The second-order valence-electron chi connectivity index (χ2n) is 9.05. The molecule has 1 aliphatic heterocycles. The fourth-order valence-electron chi connectivity index (χ4n) is 4.48. The molecule has 1 atom stereocenters. The van der Waals surface area contributed by atoms with Crippen LogP contribution in [-0.4, -0.2) is 46.6 Å². The molecule has 0 fully saturated rings. The fourth-order valence-corrected chi connectivity index (χ4v) is 5.25. The maximum Gasteiger partial charge on any atom is 0.416 e. The van der Waals surface area contributed by atoms with Crippen molar-refractivity contribution < 1.29 is 21.6 Å². The van der Waals surface area contributed by atoms with E-state index in [0.717, 1.165) is 22.5 Å². The van der Waals surface area contributed by atoms with Gasteiger partial charge in [0.1, 0.15) is 5.82 Å². The molecule has 192 valence electrons. The topological polar surface area (TPSA) is 80.5 Å². The molecule has 0 saturated heterocycles. The number of sulfonamides is 1. The Balaban J connectivity index is 1.82. The molecule has 0 spiro atoms. The average Bonchev–Trinajstić information content (AvgIpc) is 2.81. The standard InChI is InChI=1S/C25H28F3N5O2S/c1-15-19(7-6-8-21(15)25(26,27)28)16(2)30-24-20-13-22(29-14-23(20)32(4)17(3)31-24)18-9-11-33(12-10-18)36(5,34)35/h6-9,13-14,16H,10-12H2,1-5H3/b30-24-/t16-/m1/s1. The van der Waals surface area contributed by atoms with Crippen LogP contribution < -0.4 is 5.49 Å². The Bertz CT molecular complexity index is 1540. The molecule has 3 aromatic rings. The number of aromatic nitrogens is 3. The normalized spacial score (nSPS) is 16.9. The zero-order chi connectivity index (χ0) is 26.4. The van der Waals surface area contributed by atoms with Gasteiger partial charge in [-0.3, -0.25) is 9.98 Å². The van der Waals surface area contributed by atoms with Gasteiger partial charge in [0.05, 0.1) is 35.3 Å². The van der Waals surface area contributed by atoms with E-state index in [1.54, 1.807) is 19.2 Å². The minimum atomic E-state index is -4.44. The van der Waals surface area contributed by atoms with Crippen LogP contribution in [0.1, 0.15) is 47.6 Å². The molecule has 0 N–H and O–H groups in total. The molecule has 1 aromatic carbocycles. The van der Waals surface area contributed by atoms with Gasteiger partial charge in [-0.1, -0.05) is 18.2 Å². The van der Waals surface area contributed by atoms with Crippen LogP contribution in [-0.2, 0) is 23.2 Å². The van der Waals surface area contributed by atoms with Crippen LogP contribution in [0, 0.1) is 13.8 Å². The lowest BCUT2D eigenvalue weighted by molar-refractivity contribution is -0.138. The third-order valence-corrected chi connectivity index (χ3v) is 7.92. The summed E-state index contributed by atoms with van der Waals surface area (Å²) in [4.78, 5) is 14.0. The van der Waals surface area contributed by atoms with Gasteiger partial charge < -0.3 is 4.57 Å². The number of alkyl halides is 3. The maximum atomic E-state index is 13.4. The molecule has 0 saturated carbocycles. The fraction of sp³-hybridized carbons (Fsp3) is 0.400. The highest BCUT2D eigenvalue weighted by Gasteiger charge is 2.33. The first-order chi connectivity index (χ1) is 16.8. The van der Waals surface area contributed by atoms with Gasteiger partial charge in [0.15, 0.2) is 5.49 Å². The zero-order valence-electron chi connectivity index (χ0n) is 20.8. The third kappa shape index (κ3) is 5.08. The van der Waals surface area contributed by atoms with Gasteiger partial charge in [-0.2, -0.15) is 17.5 Å². The van der Waals surface area contributed by atoms with Crippen LogP contribution in [0.15, 0.2) is 41.5 Å². The molecule has 0 unspecified atom stereocenters. The average molecular weight is 520 g/mol. The van der Waals surface area contributed by atoms with E-state index in [4.69, 9.17) is 4.99 Å². The highest BCUT2D eigenvalue weighted by molar-refractivity contribution is 7.88. The number of nitrogens with zero attached hydrogens (tertiary/aromatic N) is 5. The zero-order valence-corrected chi connectivity index (χ0v) is 21.6. The summed E-state index contributed by atoms with van der Waals surface area (Å²) in [6, 6.07) is 5.44. The van der Waals surface area contributed by atoms with Crippen LogP contribution in [0.4, 0.5) is 13.2 Å². The molecular formula is C25H28F3N5O2S. The van der Waals surface area contributed by atoms with E-state index in [2.05, 4.69) is 9.97 Å². The van der Waals surface area contributed by atoms with Crippen molar-refractivity contribution >= 4 is 26.5 Å². The van der Waals surface area contributed by atoms with E-state index in [-0.39, 0.29) is 12.1 Å². The summed E-state index contributed by atoms with van der Waals surface area (Å²) in [5, 5.41) is 0.719. The quantitative estimate of drug-likeness (QED) is 0.515. The van der Waals surface area contributed by atoms with E-state index in [9.17, 15) is 21.6 Å². The summed E-state index contributed by atoms with van der Waals surface area (Å²) in [6.07, 6.45) is 0.843. The second-order valence-corrected chi connectivity index (χ2v) is 11.0. The predicted molar refractivity (Wildman–Crippen MR) is 132 cm³/mol. The lowest BCUT2D eigenvalue weighted by Gasteiger charge is -2.24. The Morgan fingerprint density at radius 2 is 1.92 bits per heavy atom. The molecule has 1 aliphatic rings. The minimum Gasteiger partial charge on any atom is -0.331 e. The summed E-state index contributed by atoms with van der Waals surface area (Å²) in [6.45, 7) is 5.69. The van der Waals surface area contributed by atoms with Crippen LogP contribution in [0.2, 0.25) is 0 Å². The first kappa shape index (κ1) is 26.0. The number of fused-ring (bicyclic) bond motifs is 1. The summed E-state index contributed by atoms with van der Waals surface area (Å²) >= 11 is 0. The molecule has 0 aliphatic carbocycles. The van der Waals surface area contributed by atoms with Crippen LogP contribution in [0.25, 0.3) is 16.5 Å². The number of benzene rings is 1. The maximum absolute atomic E-state index is 13.4. The molecule has 7 nitrogen and oxygen atoms in total. The predicted octanol–water partition coefficient (Wildman–Crippen LogP) is 4.31. The summed E-state index contributed by atoms with van der Waals surface area (Å²) < 4.78 is 67.3. The summed E-state index contributed by atoms with van der Waals surface area (Å²) in [5.41, 5.74) is 2.78. The Hall–Kier alpha value is -3.05. The highest BCUT2D eigenvalue weighted by atomic mass is 32.2. The van der Waals surface area contributed by atoms with E-state index in [1.165, 1.54) is 23.6 Å². The van der Waals surface area contributed by atoms with E-state index < -0.39 is 27.8 Å². The number of hydrogen-bond acceptors (Lipinski definition) is 5. The molecule has 0 bridgehead atoms. The van der Waals surface area contributed by atoms with Crippen molar-refractivity contribution in [2.45, 2.75) is 39.4 Å². The molecular weight excluding hydrogens is 491 g/mol. The Kier molecular flexibility index (Phi) is 6.82. The minimum absolute atomic E-state index is 0.147. The number of pyridine rings is 1. The van der Waals surface area contributed by atoms with Crippen molar-refractivity contribution in [2.75, 3.05) is 19.3 Å². The molecule has 0 radical (unpaired) electrons. The monoisotopic (exact) mass is 519 g/mol. The highest BCUT2D eigenvalue weighted by Crippen LogP contribution is 2.35. The van der Waals surface area contributed by atoms with Gasteiger partial charge in [-0.15, -0.1) is 0 Å². The lowest BCUT2D eigenvalue weighted by Crippen LogP contribution is -2.33. The van der Waals surface area contributed by atoms with Crippen LogP contribution in [0.3, 0.4) is 0 Å². The Morgan fingerprint density at radius 3 is 2.53 bits per heavy atom. The van der Waals surface area contributed by atoms with Crippen molar-refractivity contribution in [1.29, 1.82) is 0 Å². The SMILES string of the molecule is Cc1c([C@@H](C)/N=c2\nc(C)n(C)c3cnc(C4=CCN(S(C)(=O)=O)CC4)cc23)cccc1C(F)(F)F. The number of hydrogen-bond donors (Lipinski definition) is 0. The van der Waals surface area contributed by atoms with Gasteiger partial charge in [-0.25, -0.2) is 13.4 Å². The van der Waals surface area contributed by atoms with Crippen LogP contribution in [0.5, 0.6) is 0 Å². The van der Waals surface area contributed by atoms with Crippen molar-refractivity contribution in [3.63, 3.8) is 0 Å². The van der Waals surface area contributed by atoms with E-state index >= 15 is 0 Å². The molecule has 2 aromatic heterocycles. The first-order valence-electron chi connectivity index (χ1n) is 11.5. The summed E-state index contributed by atoms with van der Waals surface area (Å²) in [7, 11) is -1.41. The van der Waals surface area contributed by atoms with Gasteiger partial charge in [-0.05, 0) is 56.0 Å². The molecule has 11 heteroatoms.